The van der Waals surface area contributed by atoms with Crippen LogP contribution in [-0.4, -0.2) is 28.3 Å². The minimum atomic E-state index is 0.204. The van der Waals surface area contributed by atoms with Crippen molar-refractivity contribution in [2.24, 2.45) is 5.73 Å². The molecule has 94 valence electrons. The van der Waals surface area contributed by atoms with Gasteiger partial charge in [0.25, 0.3) is 0 Å². The van der Waals surface area contributed by atoms with Crippen molar-refractivity contribution in [2.45, 2.75) is 42.9 Å². The first-order valence-corrected chi connectivity index (χ1v) is 7.40. The van der Waals surface area contributed by atoms with Gasteiger partial charge in [0.1, 0.15) is 11.0 Å². The van der Waals surface area contributed by atoms with Gasteiger partial charge >= 0.3 is 0 Å². The molecule has 1 saturated carbocycles. The quantitative estimate of drug-likeness (QED) is 0.503. The first-order chi connectivity index (χ1) is 8.19. The molecule has 0 aliphatic heterocycles. The Kier molecular flexibility index (Phi) is 4.48. The highest BCUT2D eigenvalue weighted by Gasteiger charge is 2.22. The van der Waals surface area contributed by atoms with Crippen LogP contribution in [0.2, 0.25) is 5.15 Å². The molecule has 0 amide bonds. The fourth-order valence-corrected chi connectivity index (χ4v) is 2.70. The van der Waals surface area contributed by atoms with E-state index in [2.05, 4.69) is 15.3 Å². The molecule has 6 heteroatoms. The number of nitrogens with zero attached hydrogens (tertiary/aromatic N) is 2. The predicted molar refractivity (Wildman–Crippen MR) is 72.7 cm³/mol. The van der Waals surface area contributed by atoms with Gasteiger partial charge in [-0.1, -0.05) is 36.2 Å². The van der Waals surface area contributed by atoms with E-state index in [9.17, 15) is 0 Å². The Morgan fingerprint density at radius 2 is 2.18 bits per heavy atom. The van der Waals surface area contributed by atoms with Crippen LogP contribution in [0.25, 0.3) is 0 Å². The zero-order valence-electron chi connectivity index (χ0n) is 9.82. The van der Waals surface area contributed by atoms with E-state index in [-0.39, 0.29) is 6.04 Å². The fourth-order valence-electron chi connectivity index (χ4n) is 2.09. The smallest absolute Gasteiger partial charge is 0.190 e. The number of hydrogen-bond donors (Lipinski definition) is 2. The monoisotopic (exact) mass is 272 g/mol. The number of halogens is 1. The van der Waals surface area contributed by atoms with E-state index in [0.717, 1.165) is 18.7 Å². The molecule has 4 nitrogen and oxygen atoms in total. The SMILES string of the molecule is CSc1nc(Cl)cc(NC2CCCCC2N)n1. The van der Waals surface area contributed by atoms with Crippen molar-refractivity contribution in [3.8, 4) is 0 Å². The number of rotatable bonds is 3. The third-order valence-electron chi connectivity index (χ3n) is 3.01. The standard InChI is InChI=1S/C11H17ClN4S/c1-17-11-15-9(12)6-10(16-11)14-8-5-3-2-4-7(8)13/h6-8H,2-5,13H2,1H3,(H,14,15,16). The van der Waals surface area contributed by atoms with Gasteiger partial charge in [-0.25, -0.2) is 9.97 Å². The molecule has 17 heavy (non-hydrogen) atoms. The van der Waals surface area contributed by atoms with Gasteiger partial charge in [0.05, 0.1) is 0 Å². The average molecular weight is 273 g/mol. The molecule has 0 spiro atoms. The molecule has 2 atom stereocenters. The molecular weight excluding hydrogens is 256 g/mol. The van der Waals surface area contributed by atoms with E-state index >= 15 is 0 Å². The number of nitrogens with one attached hydrogen (secondary N) is 1. The topological polar surface area (TPSA) is 63.8 Å². The van der Waals surface area contributed by atoms with Gasteiger partial charge in [-0.15, -0.1) is 0 Å². The second-order valence-corrected chi connectivity index (χ2v) is 5.42. The third-order valence-corrected chi connectivity index (χ3v) is 3.75. The molecular formula is C11H17ClN4S. The van der Waals surface area contributed by atoms with Crippen molar-refractivity contribution >= 4 is 29.2 Å². The van der Waals surface area contributed by atoms with Crippen LogP contribution in [0.5, 0.6) is 0 Å². The molecule has 1 aliphatic rings. The maximum Gasteiger partial charge on any atom is 0.190 e. The first kappa shape index (κ1) is 12.9. The highest BCUT2D eigenvalue weighted by molar-refractivity contribution is 7.98. The summed E-state index contributed by atoms with van der Waals surface area (Å²) in [4.78, 5) is 8.49. The third kappa shape index (κ3) is 3.47. The molecule has 2 unspecified atom stereocenters. The summed E-state index contributed by atoms with van der Waals surface area (Å²) in [6.45, 7) is 0. The summed E-state index contributed by atoms with van der Waals surface area (Å²) < 4.78 is 0. The lowest BCUT2D eigenvalue weighted by molar-refractivity contribution is 0.403. The van der Waals surface area contributed by atoms with Crippen LogP contribution < -0.4 is 11.1 Å². The van der Waals surface area contributed by atoms with Crippen molar-refractivity contribution in [1.82, 2.24) is 9.97 Å². The van der Waals surface area contributed by atoms with Crippen molar-refractivity contribution < 1.29 is 0 Å². The number of aromatic nitrogens is 2. The van der Waals surface area contributed by atoms with Crippen LogP contribution in [0.3, 0.4) is 0 Å². The molecule has 3 N–H and O–H groups in total. The Bertz CT molecular complexity index is 388. The van der Waals surface area contributed by atoms with Gasteiger partial charge in [-0.05, 0) is 19.1 Å². The summed E-state index contributed by atoms with van der Waals surface area (Å²) in [5.74, 6) is 0.775. The average Bonchev–Trinajstić information content (AvgIpc) is 2.31. The summed E-state index contributed by atoms with van der Waals surface area (Å²) >= 11 is 7.43. The fraction of sp³-hybridized carbons (Fsp3) is 0.636. The van der Waals surface area contributed by atoms with Gasteiger partial charge in [-0.2, -0.15) is 0 Å². The second-order valence-electron chi connectivity index (χ2n) is 4.26. The Labute approximate surface area is 111 Å². The lowest BCUT2D eigenvalue weighted by Gasteiger charge is -2.29. The molecule has 1 aliphatic carbocycles. The Morgan fingerprint density at radius 1 is 1.41 bits per heavy atom. The highest BCUT2D eigenvalue weighted by Crippen LogP contribution is 2.22. The Hall–Kier alpha value is -0.520. The van der Waals surface area contributed by atoms with E-state index in [1.54, 1.807) is 6.07 Å². The first-order valence-electron chi connectivity index (χ1n) is 5.79. The van der Waals surface area contributed by atoms with Crippen molar-refractivity contribution in [3.05, 3.63) is 11.2 Å². The van der Waals surface area contributed by atoms with Crippen LogP contribution in [0.15, 0.2) is 11.2 Å². The van der Waals surface area contributed by atoms with Gasteiger partial charge < -0.3 is 11.1 Å². The van der Waals surface area contributed by atoms with Crippen LogP contribution >= 0.6 is 23.4 Å². The maximum atomic E-state index is 6.09. The van der Waals surface area contributed by atoms with Gasteiger partial charge in [-0.3, -0.25) is 0 Å². The van der Waals surface area contributed by atoms with E-state index in [1.807, 2.05) is 6.26 Å². The number of anilines is 1. The minimum Gasteiger partial charge on any atom is -0.366 e. The van der Waals surface area contributed by atoms with Crippen molar-refractivity contribution in [3.63, 3.8) is 0 Å². The molecule has 1 fully saturated rings. The van der Waals surface area contributed by atoms with E-state index < -0.39 is 0 Å². The number of nitrogens with two attached hydrogens (primary N) is 1. The molecule has 2 rings (SSSR count). The van der Waals surface area contributed by atoms with Crippen LogP contribution in [-0.2, 0) is 0 Å². The summed E-state index contributed by atoms with van der Waals surface area (Å²) in [5.41, 5.74) is 6.09. The number of hydrogen-bond acceptors (Lipinski definition) is 5. The van der Waals surface area contributed by atoms with E-state index in [1.165, 1.54) is 24.6 Å². The Morgan fingerprint density at radius 3 is 2.88 bits per heavy atom. The molecule has 1 heterocycles. The summed E-state index contributed by atoms with van der Waals surface area (Å²) in [5, 5.41) is 4.53. The molecule has 0 aromatic carbocycles. The molecule has 0 bridgehead atoms. The van der Waals surface area contributed by atoms with Crippen LogP contribution in [0, 0.1) is 0 Å². The lowest BCUT2D eigenvalue weighted by atomic mass is 9.91. The van der Waals surface area contributed by atoms with Crippen LogP contribution in [0.4, 0.5) is 5.82 Å². The van der Waals surface area contributed by atoms with Gasteiger partial charge in [0.15, 0.2) is 5.16 Å². The summed E-state index contributed by atoms with van der Waals surface area (Å²) in [7, 11) is 0. The number of thioether (sulfide) groups is 1. The molecule has 0 radical (unpaired) electrons. The zero-order chi connectivity index (χ0) is 12.3. The van der Waals surface area contributed by atoms with Gasteiger partial charge in [0, 0.05) is 18.2 Å². The Balaban J connectivity index is 2.09. The zero-order valence-corrected chi connectivity index (χ0v) is 11.4. The summed E-state index contributed by atoms with van der Waals surface area (Å²) in [6.07, 6.45) is 6.55. The highest BCUT2D eigenvalue weighted by atomic mass is 35.5. The van der Waals surface area contributed by atoms with Crippen molar-refractivity contribution in [2.75, 3.05) is 11.6 Å². The molecule has 0 saturated heterocycles. The van der Waals surface area contributed by atoms with E-state index in [0.29, 0.717) is 16.4 Å². The largest absolute Gasteiger partial charge is 0.366 e. The molecule has 1 aromatic rings. The minimum absolute atomic E-state index is 0.204. The van der Waals surface area contributed by atoms with Crippen molar-refractivity contribution in [1.29, 1.82) is 0 Å². The molecule has 1 aromatic heterocycles. The summed E-state index contributed by atoms with van der Waals surface area (Å²) in [6, 6.07) is 2.25. The normalized spacial score (nSPS) is 24.6. The maximum absolute atomic E-state index is 6.09. The van der Waals surface area contributed by atoms with Gasteiger partial charge in [0.2, 0.25) is 0 Å². The van der Waals surface area contributed by atoms with E-state index in [4.69, 9.17) is 17.3 Å². The predicted octanol–water partition coefficient (Wildman–Crippen LogP) is 2.53. The lowest BCUT2D eigenvalue weighted by Crippen LogP contribution is -2.42. The van der Waals surface area contributed by atoms with Crippen LogP contribution in [0.1, 0.15) is 25.7 Å². The second kappa shape index (κ2) is 5.89.